The SMILES string of the molecule is CC(=O)NC1[C@H](O[C@@H]2C(O)[C@@H](O[C@H]3C(CO)O[C@@H](C)C(O)[C@H]3O)OC(CO)[C@@H]2O)OC(CO)[C@H](O)[C@@H]1O[C@@H]1OC(CO)[C@H](O)[C@H](O)C1O[C@@H]1OC(C)[C@@H](O)[C@H](O)C1O.CO[C@@H]1C(CO)O[C@@H](OCCCCCC[C@H](C)C(=O)C[C@H](C)CCCCCCO[C@@H]2OC(CO)[C@@H](O[C@@H]3OC(CO)[C@H](O[C@@H]4OC(CO)[C@H](O)[C@H](O)C4C)[C@H](OC4CC(O)[C@@H](NC(C)=O)[C@H]([C@H](O)[C@H](O)CO)O4)C3O)[C@H](O)C2O)C(O)[C@H]1O.O=C=O. The van der Waals surface area contributed by atoms with E-state index in [1.54, 1.807) is 0 Å². The number of amides is 2. The van der Waals surface area contributed by atoms with Crippen molar-refractivity contribution in [3.05, 3.63) is 0 Å². The fourth-order valence-electron chi connectivity index (χ4n) is 18.8. The highest BCUT2D eigenvalue weighted by atomic mass is 16.8. The highest BCUT2D eigenvalue weighted by Gasteiger charge is 2.61. The molecule has 0 aliphatic carbocycles. The van der Waals surface area contributed by atoms with Crippen LogP contribution in [0.1, 0.15) is 126 Å². The van der Waals surface area contributed by atoms with E-state index in [0.29, 0.717) is 25.9 Å². The normalized spacial score (nSPS) is 44.1. The third-order valence-electron chi connectivity index (χ3n) is 27.3. The van der Waals surface area contributed by atoms with E-state index >= 15 is 0 Å². The molecule has 10 aliphatic rings. The van der Waals surface area contributed by atoms with Gasteiger partial charge in [-0.15, -0.1) is 0 Å². The molecule has 20 unspecified atom stereocenters. The first-order chi connectivity index (χ1) is 68.3. The van der Waals surface area contributed by atoms with Crippen molar-refractivity contribution in [1.82, 2.24) is 10.6 Å². The van der Waals surface area contributed by atoms with Gasteiger partial charge in [-0.25, -0.2) is 0 Å². The Labute approximate surface area is 828 Å². The van der Waals surface area contributed by atoms with Crippen molar-refractivity contribution in [1.29, 1.82) is 0 Å². The molecule has 0 spiro atoms. The minimum absolute atomic E-state index is 0.0847. The van der Waals surface area contributed by atoms with Gasteiger partial charge in [-0.2, -0.15) is 9.59 Å². The van der Waals surface area contributed by atoms with Crippen LogP contribution in [0.25, 0.3) is 0 Å². The quantitative estimate of drug-likeness (QED) is 0.0252. The van der Waals surface area contributed by atoms with Crippen LogP contribution in [0.4, 0.5) is 0 Å². The number of aliphatic hydroxyl groups is 29. The summed E-state index contributed by atoms with van der Waals surface area (Å²) in [4.78, 5) is 54.0. The second kappa shape index (κ2) is 60.0. The van der Waals surface area contributed by atoms with Crippen LogP contribution >= 0.6 is 0 Å². The number of hydrogen-bond acceptors (Lipinski definition) is 54. The maximum Gasteiger partial charge on any atom is 0.373 e. The number of ether oxygens (including phenoxy) is 20. The van der Waals surface area contributed by atoms with Crippen LogP contribution in [-0.4, -0.2) is 558 Å². The van der Waals surface area contributed by atoms with Gasteiger partial charge in [-0.05, 0) is 39.0 Å². The third kappa shape index (κ3) is 32.1. The van der Waals surface area contributed by atoms with Gasteiger partial charge >= 0.3 is 6.15 Å². The lowest BCUT2D eigenvalue weighted by Crippen LogP contribution is -2.70. The maximum atomic E-state index is 13.0. The molecule has 840 valence electrons. The number of hydrogen-bond donors (Lipinski definition) is 31. The lowest BCUT2D eigenvalue weighted by atomic mass is 9.90. The zero-order valence-electron chi connectivity index (χ0n) is 81.0. The fraction of sp³-hybridized carbons (Fsp3) is 0.955. The predicted octanol–water partition coefficient (Wildman–Crippen LogP) is -15.2. The van der Waals surface area contributed by atoms with Gasteiger partial charge in [0, 0.05) is 58.8 Å². The number of unbranched alkanes of at least 4 members (excludes halogenated alkanes) is 6. The molecule has 0 saturated carbocycles. The minimum atomic E-state index is -2.04. The van der Waals surface area contributed by atoms with E-state index in [2.05, 4.69) is 10.6 Å². The highest BCUT2D eigenvalue weighted by molar-refractivity contribution is 5.80. The Morgan fingerprint density at radius 3 is 1.25 bits per heavy atom. The van der Waals surface area contributed by atoms with Gasteiger partial charge in [0.05, 0.1) is 89.9 Å². The molecule has 10 fully saturated rings. The number of carbonyl (C=O) groups excluding carboxylic acids is 5. The molecule has 0 aromatic rings. The molecule has 56 nitrogen and oxygen atoms in total. The number of carbonyl (C=O) groups is 3. The summed E-state index contributed by atoms with van der Waals surface area (Å²) in [6.07, 6.45) is -69.5. The molecule has 10 rings (SSSR count). The molecule has 53 atom stereocenters. The van der Waals surface area contributed by atoms with Gasteiger partial charge in [0.15, 0.2) is 56.6 Å². The molecule has 0 aromatic heterocycles. The van der Waals surface area contributed by atoms with Crippen molar-refractivity contribution in [2.75, 3.05) is 79.8 Å². The van der Waals surface area contributed by atoms with Gasteiger partial charge in [-0.3, -0.25) is 14.4 Å². The molecule has 10 heterocycles. The topological polar surface area (TPSA) is 881 Å². The van der Waals surface area contributed by atoms with Crippen LogP contribution in [0.15, 0.2) is 0 Å². The van der Waals surface area contributed by atoms with E-state index in [1.807, 2.05) is 13.8 Å². The van der Waals surface area contributed by atoms with Gasteiger partial charge in [0.1, 0.15) is 225 Å². The average molecular weight is 2100 g/mol. The first kappa shape index (κ1) is 125. The van der Waals surface area contributed by atoms with Crippen LogP contribution < -0.4 is 10.6 Å². The molecule has 31 N–H and O–H groups in total. The van der Waals surface area contributed by atoms with E-state index in [0.717, 1.165) is 65.2 Å². The lowest BCUT2D eigenvalue weighted by Gasteiger charge is -2.50. The zero-order chi connectivity index (χ0) is 107. The first-order valence-electron chi connectivity index (χ1n) is 48.4. The second-order valence-corrected chi connectivity index (χ2v) is 37.9. The molecule has 10 aliphatic heterocycles. The summed E-state index contributed by atoms with van der Waals surface area (Å²) >= 11 is 0. The Morgan fingerprint density at radius 2 is 0.722 bits per heavy atom. The molecule has 0 aromatic carbocycles. The summed E-state index contributed by atoms with van der Waals surface area (Å²) in [6, 6.07) is -3.04. The Hall–Kier alpha value is -3.97. The highest BCUT2D eigenvalue weighted by Crippen LogP contribution is 2.42. The van der Waals surface area contributed by atoms with Crippen LogP contribution in [-0.2, 0) is 119 Å². The summed E-state index contributed by atoms with van der Waals surface area (Å²) < 4.78 is 116. The number of Topliss-reactive ketones (excluding diaryl/α,β-unsaturated/α-hetero) is 1. The van der Waals surface area contributed by atoms with Crippen molar-refractivity contribution >= 4 is 23.7 Å². The van der Waals surface area contributed by atoms with E-state index in [9.17, 15) is 162 Å². The minimum Gasteiger partial charge on any atom is -0.394 e. The smallest absolute Gasteiger partial charge is 0.373 e. The molecule has 2 amide bonds. The second-order valence-electron chi connectivity index (χ2n) is 37.9. The van der Waals surface area contributed by atoms with Crippen molar-refractivity contribution in [3.8, 4) is 0 Å². The van der Waals surface area contributed by atoms with Crippen molar-refractivity contribution in [2.45, 2.75) is 432 Å². The lowest BCUT2D eigenvalue weighted by molar-refractivity contribution is -0.391. The molecule has 0 radical (unpaired) electrons. The van der Waals surface area contributed by atoms with E-state index in [1.165, 1.54) is 27.9 Å². The number of methoxy groups -OCH3 is 1. The van der Waals surface area contributed by atoms with Gasteiger partial charge in [0.25, 0.3) is 0 Å². The third-order valence-corrected chi connectivity index (χ3v) is 27.3. The summed E-state index contributed by atoms with van der Waals surface area (Å²) in [6.45, 7) is 3.51. The number of ketones is 1. The van der Waals surface area contributed by atoms with Crippen LogP contribution in [0, 0.1) is 17.8 Å². The summed E-state index contributed by atoms with van der Waals surface area (Å²) in [5.74, 6) is -2.16. The van der Waals surface area contributed by atoms with E-state index in [-0.39, 0.29) is 30.4 Å². The Kier molecular flexibility index (Phi) is 52.2. The molecule has 144 heavy (non-hydrogen) atoms. The maximum absolute atomic E-state index is 13.0. The van der Waals surface area contributed by atoms with Crippen LogP contribution in [0.2, 0.25) is 0 Å². The molecule has 0 bridgehead atoms. The average Bonchev–Trinajstić information content (AvgIpc) is 0.757. The van der Waals surface area contributed by atoms with Crippen LogP contribution in [0.5, 0.6) is 0 Å². The standard InChI is InChI=1S/C54H97NO28.C33H57NO24.CO2/c1-25(18-29(62)26(2)15-11-7-9-13-17-74-52-43(70)41(68)46(73-5)33(22-58)77-52)14-10-6-8-12-16-75-53-44(71)42(69)47(34(23-59)78-53)82-54-45(72)50(48(35(24-60)79-54)83-51-27(3)38(65)40(67)32(21-57)76-51)81-36-19-30(63)37(55-28(4)61)49(80-36)39(66)31(64)20-56;1-8-17(41)22(46)26(14(7-38)50-8)55-32-25(49)28(20(44)13(6-37)53-32)57-30-15(34-10(3)39)27(19(43)12(5-36)52-30)56-33-29(23(47)18(42)11(4-35)54-33)58-31-24(48)21(45)16(40)9(2)51-31;2-1-3/h25-27,30-54,56-60,63-72H,6-24H2,1-5H3,(H,55,61);8-9,11-33,35-38,40-49H,4-7H2,1-3H3,(H,34,39);/t25-,26+,27?,30?,31-,32?,33?,34?,35?,36?,37-,38-,39-,40+,41-,42-,43?,44?,45?,46-,47-,48+,49-,50-,51+,52-,53-,54+;8-,9?,11?,12?,13?,14?,15?,16+,17?,18-,19-,20-,21-,22+,23-,24?,25?,26-,27+,28-,29?,30-,31-,32+,33-;/m10./s1. The monoisotopic (exact) mass is 2100 g/mol. The number of aliphatic hydroxyl groups excluding tert-OH is 29. The summed E-state index contributed by atoms with van der Waals surface area (Å²) in [7, 11) is 1.36. The Balaban J connectivity index is 0.000000363. The largest absolute Gasteiger partial charge is 0.394 e. The zero-order valence-corrected chi connectivity index (χ0v) is 81.0. The van der Waals surface area contributed by atoms with Crippen molar-refractivity contribution in [2.24, 2.45) is 17.8 Å². The van der Waals surface area contributed by atoms with Gasteiger partial charge in [0.2, 0.25) is 11.8 Å². The van der Waals surface area contributed by atoms with Gasteiger partial charge in [-0.1, -0.05) is 65.7 Å². The molecular formula is C88H154N2O54. The van der Waals surface area contributed by atoms with Gasteiger partial charge < -0.3 is 253 Å². The van der Waals surface area contributed by atoms with Crippen molar-refractivity contribution in [3.63, 3.8) is 0 Å². The fourth-order valence-corrected chi connectivity index (χ4v) is 18.8. The molecule has 10 saturated heterocycles. The van der Waals surface area contributed by atoms with Crippen LogP contribution in [0.3, 0.4) is 0 Å². The number of nitrogens with one attached hydrogen (secondary N) is 2. The summed E-state index contributed by atoms with van der Waals surface area (Å²) in [5, 5.41) is 313. The van der Waals surface area contributed by atoms with E-state index in [4.69, 9.17) is 104 Å². The predicted molar refractivity (Wildman–Crippen MR) is 467 cm³/mol. The molecular weight excluding hydrogens is 1950 g/mol. The first-order valence-corrected chi connectivity index (χ1v) is 48.4. The van der Waals surface area contributed by atoms with Crippen molar-refractivity contribution < 1.29 is 267 Å². The Bertz CT molecular complexity index is 3690. The Morgan fingerprint density at radius 1 is 0.347 bits per heavy atom. The summed E-state index contributed by atoms with van der Waals surface area (Å²) in [5.41, 5.74) is 0. The number of rotatable bonds is 47. The molecule has 56 heteroatoms. The van der Waals surface area contributed by atoms with E-state index < -0.39 is 390 Å².